The first-order valence-electron chi connectivity index (χ1n) is 12.6. The van der Waals surface area contributed by atoms with Gasteiger partial charge in [-0.15, -0.1) is 0 Å². The summed E-state index contributed by atoms with van der Waals surface area (Å²) < 4.78 is 39.8. The molecule has 2 heterocycles. The molecule has 0 aliphatic carbocycles. The lowest BCUT2D eigenvalue weighted by molar-refractivity contribution is 0.00169. The summed E-state index contributed by atoms with van der Waals surface area (Å²) >= 11 is 0. The van der Waals surface area contributed by atoms with Gasteiger partial charge in [-0.25, -0.2) is 8.78 Å². The molecule has 1 saturated heterocycles. The van der Waals surface area contributed by atoms with E-state index in [1.54, 1.807) is 31.5 Å². The Morgan fingerprint density at radius 2 is 1.87 bits per heavy atom. The van der Waals surface area contributed by atoms with Crippen molar-refractivity contribution in [2.75, 3.05) is 38.3 Å². The fourth-order valence-corrected chi connectivity index (χ4v) is 5.07. The number of halogens is 2. The van der Waals surface area contributed by atoms with Gasteiger partial charge in [-0.1, -0.05) is 18.2 Å². The molecular weight excluding hydrogens is 502 g/mol. The minimum absolute atomic E-state index is 0.118. The van der Waals surface area contributed by atoms with Gasteiger partial charge in [0, 0.05) is 55.0 Å². The topological polar surface area (TPSA) is 105 Å². The van der Waals surface area contributed by atoms with Gasteiger partial charge in [0.15, 0.2) is 0 Å². The van der Waals surface area contributed by atoms with Crippen molar-refractivity contribution in [2.45, 2.75) is 18.6 Å². The van der Waals surface area contributed by atoms with Crippen molar-refractivity contribution in [3.8, 4) is 34.1 Å². The van der Waals surface area contributed by atoms with Crippen molar-refractivity contribution in [1.82, 2.24) is 4.98 Å². The summed E-state index contributed by atoms with van der Waals surface area (Å²) in [5, 5.41) is 20.8. The quantitative estimate of drug-likeness (QED) is 0.324. The van der Waals surface area contributed by atoms with Gasteiger partial charge < -0.3 is 25.2 Å². The Morgan fingerprint density at radius 1 is 1.08 bits per heavy atom. The van der Waals surface area contributed by atoms with Crippen LogP contribution in [-0.2, 0) is 9.47 Å². The number of nitriles is 1. The molecule has 1 aliphatic heterocycles. The van der Waals surface area contributed by atoms with Crippen LogP contribution >= 0.6 is 0 Å². The first-order chi connectivity index (χ1) is 18.9. The third kappa shape index (κ3) is 5.40. The lowest BCUT2D eigenvalue weighted by atomic mass is 9.94. The van der Waals surface area contributed by atoms with Crippen LogP contribution in [0.5, 0.6) is 5.75 Å². The third-order valence-electron chi connectivity index (χ3n) is 7.03. The largest absolute Gasteiger partial charge is 0.506 e. The predicted molar refractivity (Wildman–Crippen MR) is 145 cm³/mol. The van der Waals surface area contributed by atoms with Crippen molar-refractivity contribution in [2.24, 2.45) is 5.73 Å². The van der Waals surface area contributed by atoms with Crippen LogP contribution in [0, 0.1) is 23.0 Å². The SMILES string of the molecule is COCCO[C@@H]1CN(c2c(-c3cc(F)cc(F)c3)cnc3ccc(-c4cccc(C#N)c4O)cc23)CC[C@@H]1N. The second-order valence-electron chi connectivity index (χ2n) is 9.52. The van der Waals surface area contributed by atoms with Crippen LogP contribution in [0.15, 0.2) is 60.8 Å². The van der Waals surface area contributed by atoms with E-state index >= 15 is 0 Å². The van der Waals surface area contributed by atoms with Crippen LogP contribution in [-0.4, -0.2) is 55.6 Å². The molecule has 5 rings (SSSR count). The van der Waals surface area contributed by atoms with Crippen LogP contribution in [0.4, 0.5) is 14.5 Å². The van der Waals surface area contributed by atoms with Crippen molar-refractivity contribution >= 4 is 16.6 Å². The summed E-state index contributed by atoms with van der Waals surface area (Å²) in [5.41, 5.74) is 10.0. The maximum absolute atomic E-state index is 14.3. The molecule has 0 spiro atoms. The second kappa shape index (κ2) is 11.3. The number of ether oxygens (including phenoxy) is 2. The molecule has 3 aromatic carbocycles. The Morgan fingerprint density at radius 3 is 2.62 bits per heavy atom. The van der Waals surface area contributed by atoms with E-state index in [1.807, 2.05) is 24.3 Å². The predicted octanol–water partition coefficient (Wildman–Crippen LogP) is 4.99. The molecule has 39 heavy (non-hydrogen) atoms. The molecule has 2 atom stereocenters. The number of hydrogen-bond acceptors (Lipinski definition) is 7. The van der Waals surface area contributed by atoms with Crippen LogP contribution in [0.2, 0.25) is 0 Å². The number of piperidine rings is 1. The molecule has 200 valence electrons. The number of nitrogens with zero attached hydrogens (tertiary/aromatic N) is 3. The second-order valence-corrected chi connectivity index (χ2v) is 9.52. The Bertz CT molecular complexity index is 1540. The number of pyridine rings is 1. The van der Waals surface area contributed by atoms with E-state index in [0.29, 0.717) is 60.5 Å². The normalized spacial score (nSPS) is 17.4. The summed E-state index contributed by atoms with van der Waals surface area (Å²) in [6.07, 6.45) is 1.98. The number of nitrogens with two attached hydrogens (primary N) is 1. The number of rotatable bonds is 7. The van der Waals surface area contributed by atoms with Crippen LogP contribution < -0.4 is 10.6 Å². The molecule has 4 aromatic rings. The number of hydrogen-bond donors (Lipinski definition) is 2. The van der Waals surface area contributed by atoms with E-state index in [4.69, 9.17) is 15.2 Å². The van der Waals surface area contributed by atoms with Crippen molar-refractivity contribution in [1.29, 1.82) is 5.26 Å². The highest BCUT2D eigenvalue weighted by Crippen LogP contribution is 2.41. The zero-order valence-electron chi connectivity index (χ0n) is 21.4. The average Bonchev–Trinajstić information content (AvgIpc) is 2.93. The molecule has 0 amide bonds. The molecule has 3 N–H and O–H groups in total. The molecule has 1 aromatic heterocycles. The van der Waals surface area contributed by atoms with Gasteiger partial charge in [-0.05, 0) is 47.9 Å². The number of fused-ring (bicyclic) bond motifs is 1. The molecule has 0 saturated carbocycles. The molecule has 9 heteroatoms. The standard InChI is InChI=1S/C30H28F2N4O3/c1-38-9-10-39-28-17-36(8-7-26(28)34)29-24-13-18(23-4-2-3-19(15-33)30(23)37)5-6-27(24)35-16-25(29)20-11-21(31)14-22(32)12-20/h2-6,11-14,16,26,28,37H,7-10,17,34H2,1H3/t26-,28+/m0/s1. The highest BCUT2D eigenvalue weighted by Gasteiger charge is 2.30. The van der Waals surface area contributed by atoms with Crippen LogP contribution in [0.25, 0.3) is 33.2 Å². The summed E-state index contributed by atoms with van der Waals surface area (Å²) in [4.78, 5) is 6.71. The van der Waals surface area contributed by atoms with E-state index < -0.39 is 11.6 Å². The Kier molecular flexibility index (Phi) is 7.70. The molecule has 0 radical (unpaired) electrons. The lowest BCUT2D eigenvalue weighted by Gasteiger charge is -2.39. The molecule has 0 bridgehead atoms. The summed E-state index contributed by atoms with van der Waals surface area (Å²) in [6, 6.07) is 15.7. The number of aromatic nitrogens is 1. The number of para-hydroxylation sites is 1. The molecular formula is C30H28F2N4O3. The Labute approximate surface area is 225 Å². The van der Waals surface area contributed by atoms with E-state index in [9.17, 15) is 19.1 Å². The highest BCUT2D eigenvalue weighted by molar-refractivity contribution is 6.02. The van der Waals surface area contributed by atoms with Crippen molar-refractivity contribution < 1.29 is 23.4 Å². The van der Waals surface area contributed by atoms with Gasteiger partial charge in [0.25, 0.3) is 0 Å². The van der Waals surface area contributed by atoms with Crippen molar-refractivity contribution in [3.05, 3.63) is 78.0 Å². The molecule has 0 unspecified atom stereocenters. The maximum Gasteiger partial charge on any atom is 0.141 e. The highest BCUT2D eigenvalue weighted by atomic mass is 19.1. The number of aromatic hydroxyl groups is 1. The number of phenolic OH excluding ortho intramolecular Hbond substituents is 1. The first-order valence-corrected chi connectivity index (χ1v) is 12.6. The van der Waals surface area contributed by atoms with Crippen molar-refractivity contribution in [3.63, 3.8) is 0 Å². The minimum Gasteiger partial charge on any atom is -0.506 e. The number of phenols is 1. The third-order valence-corrected chi connectivity index (χ3v) is 7.03. The minimum atomic E-state index is -0.690. The Hall–Kier alpha value is -4.10. The van der Waals surface area contributed by atoms with Gasteiger partial charge in [0.1, 0.15) is 23.5 Å². The zero-order valence-corrected chi connectivity index (χ0v) is 21.4. The monoisotopic (exact) mass is 530 g/mol. The molecule has 7 nitrogen and oxygen atoms in total. The fraction of sp³-hybridized carbons (Fsp3) is 0.267. The first kappa shape index (κ1) is 26.5. The van der Waals surface area contributed by atoms with Gasteiger partial charge in [0.05, 0.1) is 36.1 Å². The zero-order chi connectivity index (χ0) is 27.5. The lowest BCUT2D eigenvalue weighted by Crippen LogP contribution is -2.52. The average molecular weight is 531 g/mol. The number of benzene rings is 3. The molecule has 1 aliphatic rings. The summed E-state index contributed by atoms with van der Waals surface area (Å²) in [5.74, 6) is -1.50. The van der Waals surface area contributed by atoms with Gasteiger partial charge >= 0.3 is 0 Å². The van der Waals surface area contributed by atoms with E-state index in [2.05, 4.69) is 9.88 Å². The fourth-order valence-electron chi connectivity index (χ4n) is 5.07. The van der Waals surface area contributed by atoms with E-state index in [0.717, 1.165) is 17.1 Å². The van der Waals surface area contributed by atoms with Gasteiger partial charge in [0.2, 0.25) is 0 Å². The van der Waals surface area contributed by atoms with Gasteiger partial charge in [-0.3, -0.25) is 4.98 Å². The van der Waals surface area contributed by atoms with E-state index in [1.165, 1.54) is 12.1 Å². The smallest absolute Gasteiger partial charge is 0.141 e. The number of methoxy groups -OCH3 is 1. The Balaban J connectivity index is 1.69. The van der Waals surface area contributed by atoms with Gasteiger partial charge in [-0.2, -0.15) is 5.26 Å². The maximum atomic E-state index is 14.3. The summed E-state index contributed by atoms with van der Waals surface area (Å²) in [7, 11) is 1.60. The van der Waals surface area contributed by atoms with Crippen LogP contribution in [0.3, 0.4) is 0 Å². The summed E-state index contributed by atoms with van der Waals surface area (Å²) in [6.45, 7) is 1.87. The van der Waals surface area contributed by atoms with E-state index in [-0.39, 0.29) is 23.5 Å². The van der Waals surface area contributed by atoms with Crippen LogP contribution in [0.1, 0.15) is 12.0 Å². The molecule has 1 fully saturated rings. The number of anilines is 1.